The van der Waals surface area contributed by atoms with Gasteiger partial charge in [-0.1, -0.05) is 23.7 Å². The van der Waals surface area contributed by atoms with Gasteiger partial charge in [-0.25, -0.2) is 9.97 Å². The second kappa shape index (κ2) is 9.39. The number of hydrogen-bond acceptors (Lipinski definition) is 5. The first-order valence-electron chi connectivity index (χ1n) is 9.53. The number of anilines is 4. The highest BCUT2D eigenvalue weighted by Gasteiger charge is 2.10. The molecule has 2 N–H and O–H groups in total. The molecule has 0 radical (unpaired) electrons. The molecule has 7 heteroatoms. The molecule has 0 atom stereocenters. The third-order valence-electron chi connectivity index (χ3n) is 4.45. The van der Waals surface area contributed by atoms with Gasteiger partial charge in [0.1, 0.15) is 17.5 Å². The highest BCUT2D eigenvalue weighted by atomic mass is 35.5. The summed E-state index contributed by atoms with van der Waals surface area (Å²) in [5, 5.41) is 6.58. The Morgan fingerprint density at radius 1 is 1.00 bits per heavy atom. The molecule has 1 amide bonds. The van der Waals surface area contributed by atoms with Crippen LogP contribution in [0, 0.1) is 6.92 Å². The maximum absolute atomic E-state index is 12.4. The van der Waals surface area contributed by atoms with Gasteiger partial charge < -0.3 is 15.5 Å². The normalized spacial score (nSPS) is 10.5. The Morgan fingerprint density at radius 2 is 1.66 bits per heavy atom. The van der Waals surface area contributed by atoms with E-state index in [1.54, 1.807) is 24.3 Å². The minimum Gasteiger partial charge on any atom is -0.357 e. The van der Waals surface area contributed by atoms with Crippen LogP contribution in [0.5, 0.6) is 0 Å². The lowest BCUT2D eigenvalue weighted by Gasteiger charge is -2.20. The molecule has 0 spiro atoms. The van der Waals surface area contributed by atoms with Crippen molar-refractivity contribution in [1.82, 2.24) is 9.97 Å². The molecular formula is C22H24ClN5O. The SMILES string of the molecule is CCN(CC)c1cc(Nc2ccc(NC(=O)c3ccccc3Cl)cc2)nc(C)n1. The molecule has 0 aliphatic carbocycles. The van der Waals surface area contributed by atoms with E-state index in [-0.39, 0.29) is 5.91 Å². The van der Waals surface area contributed by atoms with Crippen LogP contribution in [0.2, 0.25) is 5.02 Å². The summed E-state index contributed by atoms with van der Waals surface area (Å²) in [6.07, 6.45) is 0. The van der Waals surface area contributed by atoms with Gasteiger partial charge in [0.15, 0.2) is 0 Å². The summed E-state index contributed by atoms with van der Waals surface area (Å²) in [6.45, 7) is 7.84. The number of amides is 1. The molecule has 29 heavy (non-hydrogen) atoms. The number of benzene rings is 2. The van der Waals surface area contributed by atoms with Crippen LogP contribution in [0.15, 0.2) is 54.6 Å². The molecule has 0 unspecified atom stereocenters. The molecule has 150 valence electrons. The van der Waals surface area contributed by atoms with Crippen LogP contribution in [0.1, 0.15) is 30.0 Å². The van der Waals surface area contributed by atoms with E-state index in [2.05, 4.69) is 39.3 Å². The fourth-order valence-electron chi connectivity index (χ4n) is 2.95. The van der Waals surface area contributed by atoms with Crippen LogP contribution in [0.25, 0.3) is 0 Å². The van der Waals surface area contributed by atoms with Crippen molar-refractivity contribution in [1.29, 1.82) is 0 Å². The van der Waals surface area contributed by atoms with E-state index in [0.29, 0.717) is 22.1 Å². The maximum atomic E-state index is 12.4. The first-order chi connectivity index (χ1) is 14.0. The average molecular weight is 410 g/mol. The fraction of sp³-hybridized carbons (Fsp3) is 0.227. The topological polar surface area (TPSA) is 70.2 Å². The number of carbonyl (C=O) groups excluding carboxylic acids is 1. The summed E-state index contributed by atoms with van der Waals surface area (Å²) in [5.74, 6) is 2.09. The molecule has 2 aromatic carbocycles. The second-order valence-corrected chi connectivity index (χ2v) is 6.87. The Balaban J connectivity index is 1.71. The van der Waals surface area contributed by atoms with Gasteiger partial charge >= 0.3 is 0 Å². The minimum atomic E-state index is -0.244. The lowest BCUT2D eigenvalue weighted by molar-refractivity contribution is 0.102. The molecule has 0 aliphatic heterocycles. The zero-order valence-electron chi connectivity index (χ0n) is 16.7. The van der Waals surface area contributed by atoms with Crippen LogP contribution in [-0.2, 0) is 0 Å². The Hall–Kier alpha value is -3.12. The standard InChI is InChI=1S/C22H24ClN5O/c1-4-28(5-2)21-14-20(24-15(3)25-21)26-16-10-12-17(13-11-16)27-22(29)18-8-6-7-9-19(18)23/h6-14H,4-5H2,1-3H3,(H,27,29)(H,24,25,26). The Morgan fingerprint density at radius 3 is 2.31 bits per heavy atom. The lowest BCUT2D eigenvalue weighted by Crippen LogP contribution is -2.23. The molecule has 0 bridgehead atoms. The summed E-state index contributed by atoms with van der Waals surface area (Å²) in [5.41, 5.74) is 1.99. The van der Waals surface area contributed by atoms with E-state index in [1.165, 1.54) is 0 Å². The van der Waals surface area contributed by atoms with Crippen molar-refractivity contribution in [3.05, 3.63) is 71.0 Å². The van der Waals surface area contributed by atoms with Gasteiger partial charge in [-0.3, -0.25) is 4.79 Å². The van der Waals surface area contributed by atoms with Gasteiger partial charge in [0.05, 0.1) is 10.6 Å². The summed E-state index contributed by atoms with van der Waals surface area (Å²) < 4.78 is 0. The van der Waals surface area contributed by atoms with Crippen molar-refractivity contribution in [2.24, 2.45) is 0 Å². The van der Waals surface area contributed by atoms with Gasteiger partial charge in [0, 0.05) is 30.5 Å². The van der Waals surface area contributed by atoms with E-state index in [1.807, 2.05) is 37.3 Å². The van der Waals surface area contributed by atoms with Crippen LogP contribution in [-0.4, -0.2) is 29.0 Å². The molecule has 0 aliphatic rings. The van der Waals surface area contributed by atoms with E-state index in [4.69, 9.17) is 11.6 Å². The molecule has 3 rings (SSSR count). The van der Waals surface area contributed by atoms with E-state index in [9.17, 15) is 4.79 Å². The van der Waals surface area contributed by atoms with Crippen molar-refractivity contribution >= 4 is 40.5 Å². The molecule has 1 heterocycles. The van der Waals surface area contributed by atoms with Gasteiger partial charge in [-0.2, -0.15) is 0 Å². The van der Waals surface area contributed by atoms with E-state index >= 15 is 0 Å². The molecule has 6 nitrogen and oxygen atoms in total. The third-order valence-corrected chi connectivity index (χ3v) is 4.78. The lowest BCUT2D eigenvalue weighted by atomic mass is 10.2. The minimum absolute atomic E-state index is 0.244. The summed E-state index contributed by atoms with van der Waals surface area (Å²) in [7, 11) is 0. The number of rotatable bonds is 7. The first-order valence-corrected chi connectivity index (χ1v) is 9.91. The third kappa shape index (κ3) is 5.23. The number of aryl methyl sites for hydroxylation is 1. The van der Waals surface area contributed by atoms with Crippen molar-refractivity contribution in [3.63, 3.8) is 0 Å². The molecule has 0 saturated carbocycles. The molecule has 1 aromatic heterocycles. The van der Waals surface area contributed by atoms with Crippen LogP contribution < -0.4 is 15.5 Å². The van der Waals surface area contributed by atoms with Crippen molar-refractivity contribution < 1.29 is 4.79 Å². The van der Waals surface area contributed by atoms with Crippen molar-refractivity contribution in [2.75, 3.05) is 28.6 Å². The highest BCUT2D eigenvalue weighted by molar-refractivity contribution is 6.34. The fourth-order valence-corrected chi connectivity index (χ4v) is 3.18. The quantitative estimate of drug-likeness (QED) is 0.555. The maximum Gasteiger partial charge on any atom is 0.257 e. The number of halogens is 1. The monoisotopic (exact) mass is 409 g/mol. The number of hydrogen-bond donors (Lipinski definition) is 2. The Labute approximate surface area is 175 Å². The Kier molecular flexibility index (Phi) is 6.67. The highest BCUT2D eigenvalue weighted by Crippen LogP contribution is 2.22. The summed E-state index contributed by atoms with van der Waals surface area (Å²) in [6, 6.07) is 16.3. The summed E-state index contributed by atoms with van der Waals surface area (Å²) in [4.78, 5) is 23.5. The predicted octanol–water partition coefficient (Wildman–Crippen LogP) is 5.28. The van der Waals surface area contributed by atoms with Gasteiger partial charge in [0.25, 0.3) is 5.91 Å². The molecular weight excluding hydrogens is 386 g/mol. The zero-order valence-corrected chi connectivity index (χ0v) is 17.5. The second-order valence-electron chi connectivity index (χ2n) is 6.47. The molecule has 3 aromatic rings. The van der Waals surface area contributed by atoms with Crippen LogP contribution >= 0.6 is 11.6 Å². The van der Waals surface area contributed by atoms with Gasteiger partial charge in [0.2, 0.25) is 0 Å². The van der Waals surface area contributed by atoms with Crippen molar-refractivity contribution in [3.8, 4) is 0 Å². The largest absolute Gasteiger partial charge is 0.357 e. The van der Waals surface area contributed by atoms with Crippen LogP contribution in [0.4, 0.5) is 23.0 Å². The van der Waals surface area contributed by atoms with Crippen LogP contribution in [0.3, 0.4) is 0 Å². The summed E-state index contributed by atoms with van der Waals surface area (Å²) >= 11 is 6.08. The van der Waals surface area contributed by atoms with Gasteiger partial charge in [-0.05, 0) is 57.2 Å². The number of carbonyl (C=O) groups is 1. The smallest absolute Gasteiger partial charge is 0.257 e. The molecule has 0 saturated heterocycles. The predicted molar refractivity (Wildman–Crippen MR) is 119 cm³/mol. The van der Waals surface area contributed by atoms with Gasteiger partial charge in [-0.15, -0.1) is 0 Å². The first kappa shape index (κ1) is 20.6. The number of nitrogens with one attached hydrogen (secondary N) is 2. The van der Waals surface area contributed by atoms with Crippen molar-refractivity contribution in [2.45, 2.75) is 20.8 Å². The van der Waals surface area contributed by atoms with E-state index < -0.39 is 0 Å². The number of aromatic nitrogens is 2. The van der Waals surface area contributed by atoms with E-state index in [0.717, 1.165) is 30.4 Å². The average Bonchev–Trinajstić information content (AvgIpc) is 2.70. The number of nitrogens with zero attached hydrogens (tertiary/aromatic N) is 3. The Bertz CT molecular complexity index is 987. The molecule has 0 fully saturated rings. The zero-order chi connectivity index (χ0) is 20.8.